The second-order valence-electron chi connectivity index (χ2n) is 3.74. The molecule has 18 heavy (non-hydrogen) atoms. The van der Waals surface area contributed by atoms with Crippen LogP contribution in [0.1, 0.15) is 16.8 Å². The summed E-state index contributed by atoms with van der Waals surface area (Å²) in [5, 5.41) is 0. The number of hydrogen-bond donors (Lipinski definition) is 1. The Bertz CT molecular complexity index is 551. The molecule has 0 aromatic heterocycles. The summed E-state index contributed by atoms with van der Waals surface area (Å²) in [7, 11) is -3.66. The predicted octanol–water partition coefficient (Wildman–Crippen LogP) is 0.299. The lowest BCUT2D eigenvalue weighted by Gasteiger charge is -2.02. The average molecular weight is 273 g/mol. The molecule has 0 aliphatic rings. The Kier molecular flexibility index (Phi) is 4.55. The van der Waals surface area contributed by atoms with Crippen LogP contribution in [0.2, 0.25) is 0 Å². The van der Waals surface area contributed by atoms with Gasteiger partial charge in [0.05, 0.1) is 5.75 Å². The summed E-state index contributed by atoms with van der Waals surface area (Å²) < 4.78 is 35.2. The molecule has 0 unspecified atom stereocenters. The number of amides is 1. The van der Waals surface area contributed by atoms with Crippen LogP contribution in [-0.4, -0.2) is 31.6 Å². The molecular weight excluding hydrogens is 261 g/mol. The van der Waals surface area contributed by atoms with Gasteiger partial charge in [-0.3, -0.25) is 9.59 Å². The summed E-state index contributed by atoms with van der Waals surface area (Å²) in [6.45, 7) is 0. The molecule has 0 aliphatic heterocycles. The maximum atomic E-state index is 12.6. The van der Waals surface area contributed by atoms with E-state index in [9.17, 15) is 22.4 Å². The fourth-order valence-electron chi connectivity index (χ4n) is 1.32. The van der Waals surface area contributed by atoms with Crippen molar-refractivity contribution in [3.05, 3.63) is 35.6 Å². The van der Waals surface area contributed by atoms with Gasteiger partial charge in [0.1, 0.15) is 11.6 Å². The Morgan fingerprint density at radius 1 is 1.17 bits per heavy atom. The van der Waals surface area contributed by atoms with Gasteiger partial charge in [-0.1, -0.05) is 0 Å². The predicted molar refractivity (Wildman–Crippen MR) is 63.2 cm³/mol. The number of Topliss-reactive ketones (excluding diaryl/α,β-unsaturated/α-hetero) is 1. The lowest BCUT2D eigenvalue weighted by molar-refractivity contribution is -0.115. The largest absolute Gasteiger partial charge is 0.369 e. The highest BCUT2D eigenvalue weighted by Crippen LogP contribution is 2.07. The second kappa shape index (κ2) is 5.72. The van der Waals surface area contributed by atoms with E-state index in [0.29, 0.717) is 0 Å². The van der Waals surface area contributed by atoms with Gasteiger partial charge in [-0.2, -0.15) is 0 Å². The molecule has 0 saturated heterocycles. The first-order valence-corrected chi connectivity index (χ1v) is 6.90. The maximum Gasteiger partial charge on any atom is 0.232 e. The Labute approximate surface area is 104 Å². The minimum atomic E-state index is -3.66. The van der Waals surface area contributed by atoms with E-state index < -0.39 is 38.9 Å². The number of benzene rings is 1. The van der Waals surface area contributed by atoms with Crippen LogP contribution in [0.15, 0.2) is 24.3 Å². The van der Waals surface area contributed by atoms with E-state index in [0.717, 1.165) is 12.1 Å². The van der Waals surface area contributed by atoms with Gasteiger partial charge in [-0.25, -0.2) is 12.8 Å². The van der Waals surface area contributed by atoms with Crippen molar-refractivity contribution in [3.8, 4) is 0 Å². The molecule has 0 fully saturated rings. The van der Waals surface area contributed by atoms with Gasteiger partial charge in [0.15, 0.2) is 15.6 Å². The van der Waals surface area contributed by atoms with Crippen molar-refractivity contribution in [2.75, 3.05) is 11.5 Å². The number of hydrogen-bond acceptors (Lipinski definition) is 4. The molecule has 98 valence electrons. The quantitative estimate of drug-likeness (QED) is 0.754. The number of primary amides is 1. The number of rotatable bonds is 6. The molecule has 1 aromatic rings. The third-order valence-electron chi connectivity index (χ3n) is 2.17. The van der Waals surface area contributed by atoms with Gasteiger partial charge in [-0.15, -0.1) is 0 Å². The number of ketones is 1. The van der Waals surface area contributed by atoms with Gasteiger partial charge < -0.3 is 5.73 Å². The zero-order valence-electron chi connectivity index (χ0n) is 9.43. The third kappa shape index (κ3) is 4.62. The topological polar surface area (TPSA) is 94.3 Å². The minimum Gasteiger partial charge on any atom is -0.369 e. The first kappa shape index (κ1) is 14.3. The number of nitrogens with two attached hydrogens (primary N) is 1. The number of sulfone groups is 1. The lowest BCUT2D eigenvalue weighted by Crippen LogP contribution is -2.25. The van der Waals surface area contributed by atoms with Crippen LogP contribution >= 0.6 is 0 Å². The highest BCUT2D eigenvalue weighted by atomic mass is 32.2. The molecule has 0 bridgehead atoms. The van der Waals surface area contributed by atoms with Crippen molar-refractivity contribution in [3.63, 3.8) is 0 Å². The summed E-state index contributed by atoms with van der Waals surface area (Å²) >= 11 is 0. The molecule has 1 aromatic carbocycles. The van der Waals surface area contributed by atoms with E-state index in [1.54, 1.807) is 0 Å². The number of carbonyl (C=O) groups excluding carboxylic acids is 2. The van der Waals surface area contributed by atoms with Crippen molar-refractivity contribution in [1.29, 1.82) is 0 Å². The Balaban J connectivity index is 2.61. The Hall–Kier alpha value is -1.76. The first-order valence-electron chi connectivity index (χ1n) is 5.08. The second-order valence-corrected chi connectivity index (χ2v) is 5.92. The number of carbonyl (C=O) groups is 2. The normalized spacial score (nSPS) is 11.2. The van der Waals surface area contributed by atoms with Crippen molar-refractivity contribution >= 4 is 21.5 Å². The lowest BCUT2D eigenvalue weighted by atomic mass is 10.1. The highest BCUT2D eigenvalue weighted by molar-refractivity contribution is 7.92. The van der Waals surface area contributed by atoms with Crippen LogP contribution < -0.4 is 5.73 Å². The molecule has 2 N–H and O–H groups in total. The van der Waals surface area contributed by atoms with Gasteiger partial charge in [0.25, 0.3) is 0 Å². The monoisotopic (exact) mass is 273 g/mol. The fraction of sp³-hybridized carbons (Fsp3) is 0.273. The van der Waals surface area contributed by atoms with E-state index >= 15 is 0 Å². The molecule has 0 saturated carbocycles. The van der Waals surface area contributed by atoms with Gasteiger partial charge >= 0.3 is 0 Å². The van der Waals surface area contributed by atoms with Gasteiger partial charge in [0, 0.05) is 12.0 Å². The van der Waals surface area contributed by atoms with Crippen molar-refractivity contribution < 1.29 is 22.4 Å². The maximum absolute atomic E-state index is 12.6. The van der Waals surface area contributed by atoms with Gasteiger partial charge in [0.2, 0.25) is 5.91 Å². The zero-order valence-corrected chi connectivity index (χ0v) is 10.2. The van der Waals surface area contributed by atoms with Crippen LogP contribution in [0.3, 0.4) is 0 Å². The molecule has 1 amide bonds. The van der Waals surface area contributed by atoms with E-state index in [-0.39, 0.29) is 12.0 Å². The summed E-state index contributed by atoms with van der Waals surface area (Å²) in [6.07, 6.45) is -0.263. The summed E-state index contributed by atoms with van der Waals surface area (Å²) in [4.78, 5) is 22.1. The van der Waals surface area contributed by atoms with Crippen molar-refractivity contribution in [1.82, 2.24) is 0 Å². The van der Waals surface area contributed by atoms with Crippen LogP contribution in [0.25, 0.3) is 0 Å². The van der Waals surface area contributed by atoms with E-state index in [2.05, 4.69) is 0 Å². The zero-order chi connectivity index (χ0) is 13.8. The molecule has 0 spiro atoms. The smallest absolute Gasteiger partial charge is 0.232 e. The summed E-state index contributed by atoms with van der Waals surface area (Å²) in [5.74, 6) is -3.09. The molecule has 0 radical (unpaired) electrons. The SMILES string of the molecule is NC(=O)CS(=O)(=O)CCC(=O)c1ccc(F)cc1. The standard InChI is InChI=1S/C11H12FNO4S/c12-9-3-1-8(2-4-9)10(14)5-6-18(16,17)7-11(13)15/h1-4H,5-7H2,(H2,13,15). The average Bonchev–Trinajstić information content (AvgIpc) is 2.25. The summed E-state index contributed by atoms with van der Waals surface area (Å²) in [5.41, 5.74) is 5.00. The van der Waals surface area contributed by atoms with Gasteiger partial charge in [-0.05, 0) is 24.3 Å². The van der Waals surface area contributed by atoms with E-state index in [1.807, 2.05) is 0 Å². The highest BCUT2D eigenvalue weighted by Gasteiger charge is 2.17. The summed E-state index contributed by atoms with van der Waals surface area (Å²) in [6, 6.07) is 4.78. The fourth-order valence-corrected chi connectivity index (χ4v) is 2.39. The molecule has 7 heteroatoms. The van der Waals surface area contributed by atoms with Crippen LogP contribution in [0, 0.1) is 5.82 Å². The first-order chi connectivity index (χ1) is 8.30. The van der Waals surface area contributed by atoms with Crippen molar-refractivity contribution in [2.24, 2.45) is 5.73 Å². The molecule has 0 atom stereocenters. The van der Waals surface area contributed by atoms with Crippen LogP contribution in [-0.2, 0) is 14.6 Å². The van der Waals surface area contributed by atoms with E-state index in [4.69, 9.17) is 5.73 Å². The Morgan fingerprint density at radius 2 is 1.72 bits per heavy atom. The molecule has 0 heterocycles. The minimum absolute atomic E-state index is 0.227. The van der Waals surface area contributed by atoms with Crippen LogP contribution in [0.4, 0.5) is 4.39 Å². The molecular formula is C11H12FNO4S. The Morgan fingerprint density at radius 3 is 2.22 bits per heavy atom. The van der Waals surface area contributed by atoms with E-state index in [1.165, 1.54) is 12.1 Å². The molecule has 0 aliphatic carbocycles. The molecule has 5 nitrogen and oxygen atoms in total. The number of halogens is 1. The third-order valence-corrected chi connectivity index (χ3v) is 3.72. The van der Waals surface area contributed by atoms with Crippen molar-refractivity contribution in [2.45, 2.75) is 6.42 Å². The van der Waals surface area contributed by atoms with Crippen LogP contribution in [0.5, 0.6) is 0 Å². The molecule has 1 rings (SSSR count).